The fourth-order valence-corrected chi connectivity index (χ4v) is 1.87. The molecule has 2 aromatic carbocycles. The lowest BCUT2D eigenvalue weighted by molar-refractivity contribution is 1.60. The van der Waals surface area contributed by atoms with Crippen molar-refractivity contribution >= 4 is 33.8 Å². The van der Waals surface area contributed by atoms with E-state index in [-0.39, 0.29) is 0 Å². The molecule has 80 valence electrons. The number of benzene rings is 2. The van der Waals surface area contributed by atoms with Gasteiger partial charge in [0.1, 0.15) is 0 Å². The van der Waals surface area contributed by atoms with Crippen LogP contribution in [0.15, 0.2) is 53.0 Å². The highest BCUT2D eigenvalue weighted by Crippen LogP contribution is 2.20. The van der Waals surface area contributed by atoms with Crippen molar-refractivity contribution in [2.75, 3.05) is 5.73 Å². The first-order chi connectivity index (χ1) is 7.77. The fraction of sp³-hybridized carbons (Fsp3) is 0. The van der Waals surface area contributed by atoms with E-state index in [2.05, 4.69) is 28.1 Å². The van der Waals surface area contributed by atoms with Crippen LogP contribution in [0.4, 0.5) is 5.69 Å². The van der Waals surface area contributed by atoms with Gasteiger partial charge >= 0.3 is 0 Å². The first kappa shape index (κ1) is 11.0. The molecule has 2 N–H and O–H groups in total. The average molecular weight is 274 g/mol. The van der Waals surface area contributed by atoms with E-state index in [1.807, 2.05) is 48.5 Å². The van der Waals surface area contributed by atoms with Gasteiger partial charge in [-0.3, -0.25) is 0 Å². The molecule has 0 saturated carbocycles. The molecule has 0 unspecified atom stereocenters. The molecule has 0 spiro atoms. The maximum Gasteiger partial charge on any atom is 0.0387 e. The van der Waals surface area contributed by atoms with Crippen molar-refractivity contribution in [3.63, 3.8) is 0 Å². The van der Waals surface area contributed by atoms with Crippen LogP contribution in [-0.4, -0.2) is 0 Å². The van der Waals surface area contributed by atoms with Gasteiger partial charge in [-0.2, -0.15) is 0 Å². The van der Waals surface area contributed by atoms with Crippen molar-refractivity contribution < 1.29 is 0 Å². The van der Waals surface area contributed by atoms with Crippen molar-refractivity contribution in [2.24, 2.45) is 0 Å². The van der Waals surface area contributed by atoms with E-state index in [0.29, 0.717) is 0 Å². The highest BCUT2D eigenvalue weighted by Gasteiger charge is 1.95. The summed E-state index contributed by atoms with van der Waals surface area (Å²) in [5.74, 6) is 0. The van der Waals surface area contributed by atoms with Crippen LogP contribution in [0.3, 0.4) is 0 Å². The molecule has 0 radical (unpaired) electrons. The molecule has 0 fully saturated rings. The Morgan fingerprint density at radius 1 is 0.812 bits per heavy atom. The van der Waals surface area contributed by atoms with Crippen molar-refractivity contribution in [3.8, 4) is 0 Å². The molecule has 0 amide bonds. The summed E-state index contributed by atoms with van der Waals surface area (Å²) in [7, 11) is 0. The van der Waals surface area contributed by atoms with Crippen LogP contribution in [0.2, 0.25) is 0 Å². The van der Waals surface area contributed by atoms with E-state index < -0.39 is 0 Å². The van der Waals surface area contributed by atoms with Crippen molar-refractivity contribution in [2.45, 2.75) is 0 Å². The number of anilines is 1. The largest absolute Gasteiger partial charge is 0.398 e. The Balaban J connectivity index is 2.29. The summed E-state index contributed by atoms with van der Waals surface area (Å²) in [6.07, 6.45) is 4.07. The lowest BCUT2D eigenvalue weighted by atomic mass is 10.1. The Morgan fingerprint density at radius 2 is 1.38 bits per heavy atom. The zero-order valence-corrected chi connectivity index (χ0v) is 10.3. The molecule has 2 heteroatoms. The number of para-hydroxylation sites is 1. The lowest BCUT2D eigenvalue weighted by Gasteiger charge is -2.00. The summed E-state index contributed by atoms with van der Waals surface area (Å²) in [4.78, 5) is 0. The second-order valence-electron chi connectivity index (χ2n) is 3.48. The van der Waals surface area contributed by atoms with Gasteiger partial charge in [0, 0.05) is 10.2 Å². The van der Waals surface area contributed by atoms with Crippen LogP contribution in [-0.2, 0) is 0 Å². The van der Waals surface area contributed by atoms with Gasteiger partial charge < -0.3 is 5.73 Å². The Bertz CT molecular complexity index is 470. The summed E-state index contributed by atoms with van der Waals surface area (Å²) in [5.41, 5.74) is 8.84. The van der Waals surface area contributed by atoms with Crippen LogP contribution < -0.4 is 5.73 Å². The average Bonchev–Trinajstić information content (AvgIpc) is 2.30. The Hall–Kier alpha value is -1.54. The maximum absolute atomic E-state index is 5.86. The summed E-state index contributed by atoms with van der Waals surface area (Å²) in [5, 5.41) is 0. The molecule has 1 nitrogen and oxygen atoms in total. The van der Waals surface area contributed by atoms with Crippen molar-refractivity contribution in [1.29, 1.82) is 0 Å². The summed E-state index contributed by atoms with van der Waals surface area (Å²) in [6, 6.07) is 15.9. The fourth-order valence-electron chi connectivity index (χ4n) is 1.45. The van der Waals surface area contributed by atoms with Crippen LogP contribution in [0.25, 0.3) is 12.2 Å². The normalized spacial score (nSPS) is 10.8. The van der Waals surface area contributed by atoms with E-state index >= 15 is 0 Å². The minimum Gasteiger partial charge on any atom is -0.398 e. The smallest absolute Gasteiger partial charge is 0.0387 e. The number of nitrogen functional groups attached to an aromatic ring is 1. The Kier molecular flexibility index (Phi) is 3.42. The molecule has 0 aromatic heterocycles. The quantitative estimate of drug-likeness (QED) is 0.644. The zero-order valence-electron chi connectivity index (χ0n) is 8.73. The molecule has 16 heavy (non-hydrogen) atoms. The number of hydrogen-bond acceptors (Lipinski definition) is 1. The molecule has 2 aromatic rings. The molecule has 0 aliphatic rings. The maximum atomic E-state index is 5.86. The molecule has 0 bridgehead atoms. The van der Waals surface area contributed by atoms with E-state index in [1.165, 1.54) is 0 Å². The van der Waals surface area contributed by atoms with Crippen molar-refractivity contribution in [1.82, 2.24) is 0 Å². The molecule has 0 heterocycles. The third kappa shape index (κ3) is 2.52. The molecule has 0 aliphatic carbocycles. The van der Waals surface area contributed by atoms with Crippen LogP contribution in [0, 0.1) is 0 Å². The van der Waals surface area contributed by atoms with E-state index in [4.69, 9.17) is 5.73 Å². The molecule has 0 saturated heterocycles. The Labute approximate surface area is 104 Å². The molecule has 2 rings (SSSR count). The number of hydrogen-bond donors (Lipinski definition) is 1. The lowest BCUT2D eigenvalue weighted by Crippen LogP contribution is -1.87. The van der Waals surface area contributed by atoms with Crippen LogP contribution in [0.5, 0.6) is 0 Å². The third-order valence-electron chi connectivity index (χ3n) is 2.34. The highest BCUT2D eigenvalue weighted by atomic mass is 79.9. The van der Waals surface area contributed by atoms with Gasteiger partial charge in [0.05, 0.1) is 0 Å². The molecule has 0 atom stereocenters. The SMILES string of the molecule is Nc1ccccc1/C=C/c1ccccc1Br. The van der Waals surface area contributed by atoms with Gasteiger partial charge in [0.15, 0.2) is 0 Å². The van der Waals surface area contributed by atoms with E-state index in [9.17, 15) is 0 Å². The molecular weight excluding hydrogens is 262 g/mol. The van der Waals surface area contributed by atoms with Gasteiger partial charge in [-0.1, -0.05) is 64.5 Å². The topological polar surface area (TPSA) is 26.0 Å². The zero-order chi connectivity index (χ0) is 11.4. The predicted molar refractivity (Wildman–Crippen MR) is 73.9 cm³/mol. The number of halogens is 1. The van der Waals surface area contributed by atoms with Gasteiger partial charge in [-0.25, -0.2) is 0 Å². The van der Waals surface area contributed by atoms with Crippen molar-refractivity contribution in [3.05, 3.63) is 64.1 Å². The highest BCUT2D eigenvalue weighted by molar-refractivity contribution is 9.10. The summed E-state index contributed by atoms with van der Waals surface area (Å²) in [6.45, 7) is 0. The third-order valence-corrected chi connectivity index (χ3v) is 3.07. The monoisotopic (exact) mass is 273 g/mol. The van der Waals surface area contributed by atoms with Crippen LogP contribution >= 0.6 is 15.9 Å². The summed E-state index contributed by atoms with van der Waals surface area (Å²) < 4.78 is 1.08. The molecule has 0 aliphatic heterocycles. The van der Waals surface area contributed by atoms with Gasteiger partial charge in [-0.05, 0) is 23.3 Å². The minimum atomic E-state index is 0.797. The predicted octanol–water partition coefficient (Wildman–Crippen LogP) is 4.20. The van der Waals surface area contributed by atoms with Gasteiger partial charge in [0.2, 0.25) is 0 Å². The van der Waals surface area contributed by atoms with Gasteiger partial charge in [0.25, 0.3) is 0 Å². The molecular formula is C14H12BrN. The van der Waals surface area contributed by atoms with Crippen LogP contribution in [0.1, 0.15) is 11.1 Å². The minimum absolute atomic E-state index is 0.797. The first-order valence-corrected chi connectivity index (χ1v) is 5.84. The second kappa shape index (κ2) is 4.99. The van der Waals surface area contributed by atoms with E-state index in [0.717, 1.165) is 21.3 Å². The van der Waals surface area contributed by atoms with E-state index in [1.54, 1.807) is 0 Å². The summed E-state index contributed by atoms with van der Waals surface area (Å²) >= 11 is 3.51. The van der Waals surface area contributed by atoms with Gasteiger partial charge in [-0.15, -0.1) is 0 Å². The number of rotatable bonds is 2. The standard InChI is InChI=1S/C14H12BrN/c15-13-7-3-1-5-11(13)9-10-12-6-2-4-8-14(12)16/h1-10H,16H2/b10-9+. The Morgan fingerprint density at radius 3 is 2.06 bits per heavy atom. The second-order valence-corrected chi connectivity index (χ2v) is 4.34. The first-order valence-electron chi connectivity index (χ1n) is 5.04. The number of nitrogens with two attached hydrogens (primary N) is 1.